The lowest BCUT2D eigenvalue weighted by atomic mass is 9.89. The van der Waals surface area contributed by atoms with E-state index in [0.717, 1.165) is 0 Å². The van der Waals surface area contributed by atoms with Gasteiger partial charge in [0.05, 0.1) is 0 Å². The minimum atomic E-state index is -7.93. The SMILES string of the molecule is OCC/C=C(\CCCO)CC(F)(F)C(F)(F)C(F)(F)C(F)(F)C(F)(F)C(F)(F)F. The first-order valence-corrected chi connectivity index (χ1v) is 7.60. The van der Waals surface area contributed by atoms with Gasteiger partial charge in [-0.05, 0) is 19.3 Å². The molecule has 0 aliphatic rings. The lowest BCUT2D eigenvalue weighted by Gasteiger charge is -2.40. The van der Waals surface area contributed by atoms with Crippen LogP contribution in [-0.4, -0.2) is 59.2 Å². The first-order valence-electron chi connectivity index (χ1n) is 7.60. The first kappa shape index (κ1) is 27.8. The highest BCUT2D eigenvalue weighted by atomic mass is 19.4. The van der Waals surface area contributed by atoms with Crippen molar-refractivity contribution in [1.82, 2.24) is 0 Å². The van der Waals surface area contributed by atoms with Gasteiger partial charge >= 0.3 is 35.8 Å². The molecular formula is C14H15F13O2. The number of allylic oxidation sites excluding steroid dienone is 1. The Hall–Kier alpha value is -1.25. The molecule has 0 rings (SSSR count). The number of rotatable bonds is 11. The molecule has 0 aromatic heterocycles. The van der Waals surface area contributed by atoms with Crippen LogP contribution in [-0.2, 0) is 0 Å². The molecule has 0 heterocycles. The summed E-state index contributed by atoms with van der Waals surface area (Å²) in [5.74, 6) is -37.0. The maximum atomic E-state index is 13.8. The van der Waals surface area contributed by atoms with E-state index in [1.54, 1.807) is 0 Å². The van der Waals surface area contributed by atoms with Crippen molar-refractivity contribution in [2.45, 2.75) is 61.5 Å². The third kappa shape index (κ3) is 5.09. The largest absolute Gasteiger partial charge is 0.460 e. The van der Waals surface area contributed by atoms with Crippen LogP contribution in [0, 0.1) is 0 Å². The van der Waals surface area contributed by atoms with Crippen molar-refractivity contribution in [2.24, 2.45) is 0 Å². The number of hydrogen-bond donors (Lipinski definition) is 2. The molecule has 174 valence electrons. The van der Waals surface area contributed by atoms with E-state index in [9.17, 15) is 57.1 Å². The molecule has 0 bridgehead atoms. The Bertz CT molecular complexity index is 566. The van der Waals surface area contributed by atoms with Gasteiger partial charge in [-0.2, -0.15) is 57.1 Å². The van der Waals surface area contributed by atoms with Gasteiger partial charge in [-0.15, -0.1) is 0 Å². The van der Waals surface area contributed by atoms with Crippen molar-refractivity contribution in [1.29, 1.82) is 0 Å². The molecule has 0 amide bonds. The van der Waals surface area contributed by atoms with Crippen LogP contribution in [0.15, 0.2) is 11.6 Å². The minimum Gasteiger partial charge on any atom is -0.396 e. The Morgan fingerprint density at radius 2 is 1.07 bits per heavy atom. The van der Waals surface area contributed by atoms with Crippen molar-refractivity contribution >= 4 is 0 Å². The summed E-state index contributed by atoms with van der Waals surface area (Å²) >= 11 is 0. The Morgan fingerprint density at radius 3 is 1.45 bits per heavy atom. The molecule has 0 aromatic carbocycles. The van der Waals surface area contributed by atoms with Gasteiger partial charge in [0.15, 0.2) is 0 Å². The van der Waals surface area contributed by atoms with Crippen molar-refractivity contribution in [3.8, 4) is 0 Å². The fourth-order valence-electron chi connectivity index (χ4n) is 2.04. The van der Waals surface area contributed by atoms with E-state index in [0.29, 0.717) is 6.08 Å². The summed E-state index contributed by atoms with van der Waals surface area (Å²) in [4.78, 5) is 0. The molecule has 0 aliphatic heterocycles. The van der Waals surface area contributed by atoms with Crippen molar-refractivity contribution < 1.29 is 67.3 Å². The summed E-state index contributed by atoms with van der Waals surface area (Å²) in [5.41, 5.74) is -0.848. The topological polar surface area (TPSA) is 40.5 Å². The molecule has 15 heteroatoms. The van der Waals surface area contributed by atoms with E-state index >= 15 is 0 Å². The number of alkyl halides is 13. The van der Waals surface area contributed by atoms with Gasteiger partial charge in [-0.3, -0.25) is 0 Å². The summed E-state index contributed by atoms with van der Waals surface area (Å²) < 4.78 is 169. The highest BCUT2D eigenvalue weighted by Crippen LogP contribution is 2.61. The molecule has 0 aromatic rings. The standard InChI is InChI=1S/C14H15F13O2/c15-9(16,7-8(3-1-5-28)4-2-6-29)10(17,18)11(19,20)12(21,22)13(23,24)14(25,26)27/h3,28-29H,1-2,4-7H2/b8-3+. The fraction of sp³-hybridized carbons (Fsp3) is 0.857. The zero-order chi connectivity index (χ0) is 23.5. The van der Waals surface area contributed by atoms with Gasteiger partial charge in [0.25, 0.3) is 0 Å². The third-order valence-corrected chi connectivity index (χ3v) is 3.67. The Balaban J connectivity index is 6.14. The maximum absolute atomic E-state index is 13.8. The number of aliphatic hydroxyl groups excluding tert-OH is 2. The quantitative estimate of drug-likeness (QED) is 0.328. The first-order chi connectivity index (χ1) is 12.7. The molecule has 2 nitrogen and oxygen atoms in total. The molecule has 2 N–H and O–H groups in total. The van der Waals surface area contributed by atoms with Crippen LogP contribution in [0.25, 0.3) is 0 Å². The zero-order valence-corrected chi connectivity index (χ0v) is 14.1. The van der Waals surface area contributed by atoms with Gasteiger partial charge in [0, 0.05) is 19.6 Å². The lowest BCUT2D eigenvalue weighted by molar-refractivity contribution is -0.439. The van der Waals surface area contributed by atoms with Crippen molar-refractivity contribution in [3.63, 3.8) is 0 Å². The molecule has 0 saturated carbocycles. The molecule has 0 atom stereocenters. The molecule has 0 saturated heterocycles. The second-order valence-electron chi connectivity index (χ2n) is 5.88. The van der Waals surface area contributed by atoms with E-state index in [1.807, 2.05) is 0 Å². The Labute approximate surface area is 155 Å². The van der Waals surface area contributed by atoms with Crippen LogP contribution >= 0.6 is 0 Å². The monoisotopic (exact) mass is 462 g/mol. The second-order valence-corrected chi connectivity index (χ2v) is 5.88. The highest BCUT2D eigenvalue weighted by molar-refractivity contribution is 5.14. The smallest absolute Gasteiger partial charge is 0.396 e. The number of aliphatic hydroxyl groups is 2. The van der Waals surface area contributed by atoms with Crippen LogP contribution in [0.5, 0.6) is 0 Å². The van der Waals surface area contributed by atoms with Crippen LogP contribution in [0.4, 0.5) is 57.1 Å². The van der Waals surface area contributed by atoms with Gasteiger partial charge in [-0.1, -0.05) is 11.6 Å². The predicted octanol–water partition coefficient (Wildman–Crippen LogP) is 5.20. The molecule has 29 heavy (non-hydrogen) atoms. The average Bonchev–Trinajstić information content (AvgIpc) is 2.55. The highest BCUT2D eigenvalue weighted by Gasteiger charge is 2.90. The molecule has 0 radical (unpaired) electrons. The maximum Gasteiger partial charge on any atom is 0.460 e. The summed E-state index contributed by atoms with van der Waals surface area (Å²) in [6, 6.07) is 0. The van der Waals surface area contributed by atoms with E-state index < -0.39 is 80.3 Å². The Kier molecular flexibility index (Phi) is 8.48. The van der Waals surface area contributed by atoms with Crippen molar-refractivity contribution in [2.75, 3.05) is 13.2 Å². The average molecular weight is 462 g/mol. The predicted molar refractivity (Wildman–Crippen MR) is 71.5 cm³/mol. The molecule has 0 aliphatic carbocycles. The summed E-state index contributed by atoms with van der Waals surface area (Å²) in [6.07, 6.45) is -10.8. The van der Waals surface area contributed by atoms with E-state index in [-0.39, 0.29) is 0 Å². The third-order valence-electron chi connectivity index (χ3n) is 3.67. The van der Waals surface area contributed by atoms with Gasteiger partial charge < -0.3 is 10.2 Å². The number of hydrogen-bond acceptors (Lipinski definition) is 2. The lowest BCUT2D eigenvalue weighted by Crippen LogP contribution is -2.70. The Morgan fingerprint density at radius 1 is 0.621 bits per heavy atom. The summed E-state index contributed by atoms with van der Waals surface area (Å²) in [7, 11) is 0. The normalized spacial score (nSPS) is 15.8. The zero-order valence-electron chi connectivity index (χ0n) is 14.1. The van der Waals surface area contributed by atoms with Crippen molar-refractivity contribution in [3.05, 3.63) is 11.6 Å². The number of halogens is 13. The molecule has 0 unspecified atom stereocenters. The summed E-state index contributed by atoms with van der Waals surface area (Å²) in [5, 5.41) is 17.1. The summed E-state index contributed by atoms with van der Waals surface area (Å²) in [6.45, 7) is -1.44. The second kappa shape index (κ2) is 8.86. The van der Waals surface area contributed by atoms with E-state index in [2.05, 4.69) is 0 Å². The van der Waals surface area contributed by atoms with Crippen LogP contribution in [0.3, 0.4) is 0 Å². The van der Waals surface area contributed by atoms with Gasteiger partial charge in [-0.25, -0.2) is 0 Å². The molecular weight excluding hydrogens is 447 g/mol. The van der Waals surface area contributed by atoms with E-state index in [1.165, 1.54) is 0 Å². The van der Waals surface area contributed by atoms with Crippen LogP contribution in [0.1, 0.15) is 25.7 Å². The molecule has 0 fully saturated rings. The van der Waals surface area contributed by atoms with E-state index in [4.69, 9.17) is 10.2 Å². The molecule has 0 spiro atoms. The van der Waals surface area contributed by atoms with Crippen LogP contribution < -0.4 is 0 Å². The van der Waals surface area contributed by atoms with Gasteiger partial charge in [0.2, 0.25) is 0 Å². The van der Waals surface area contributed by atoms with Gasteiger partial charge in [0.1, 0.15) is 0 Å². The van der Waals surface area contributed by atoms with Crippen LogP contribution in [0.2, 0.25) is 0 Å². The minimum absolute atomic E-state index is 0.391. The fourth-order valence-corrected chi connectivity index (χ4v) is 2.04.